The molecule has 0 unspecified atom stereocenters. The van der Waals surface area contributed by atoms with Crippen molar-refractivity contribution in [2.75, 3.05) is 23.0 Å². The van der Waals surface area contributed by atoms with Crippen molar-refractivity contribution >= 4 is 46.9 Å². The van der Waals surface area contributed by atoms with Crippen LogP contribution in [-0.2, 0) is 19.2 Å². The Hall–Kier alpha value is -5.62. The van der Waals surface area contributed by atoms with Crippen LogP contribution in [0.15, 0.2) is 84.4 Å². The molecule has 7 rings (SSSR count). The number of carboxylic acids is 2. The minimum atomic E-state index is -1.22. The lowest BCUT2D eigenvalue weighted by molar-refractivity contribution is -0.126. The van der Waals surface area contributed by atoms with Crippen molar-refractivity contribution in [3.05, 3.63) is 101 Å². The van der Waals surface area contributed by atoms with Crippen molar-refractivity contribution < 1.29 is 48.8 Å². The highest BCUT2D eigenvalue weighted by Gasteiger charge is 2.62. The number of hydrogen-bond acceptors (Lipinski definition) is 8. The van der Waals surface area contributed by atoms with Crippen LogP contribution in [0.1, 0.15) is 45.0 Å². The molecule has 4 aliphatic rings. The Bertz CT molecular complexity index is 1930. The van der Waals surface area contributed by atoms with Crippen molar-refractivity contribution in [2.45, 2.75) is 18.8 Å². The predicted molar refractivity (Wildman–Crippen MR) is 168 cm³/mol. The Kier molecular flexibility index (Phi) is 7.67. The van der Waals surface area contributed by atoms with Gasteiger partial charge in [-0.25, -0.2) is 9.59 Å². The number of fused-ring (bicyclic) bond motifs is 4. The number of para-hydroxylation sites is 1. The lowest BCUT2D eigenvalue weighted by Crippen LogP contribution is -2.43. The largest absolute Gasteiger partial charge is 0.491 e. The van der Waals surface area contributed by atoms with Crippen LogP contribution >= 0.6 is 0 Å². The van der Waals surface area contributed by atoms with Crippen molar-refractivity contribution in [2.24, 2.45) is 29.6 Å². The van der Waals surface area contributed by atoms with Gasteiger partial charge in [0.15, 0.2) is 0 Å². The van der Waals surface area contributed by atoms with Crippen molar-refractivity contribution in [3.8, 4) is 5.75 Å². The number of amides is 4. The molecule has 244 valence electrons. The molecule has 0 radical (unpaired) electrons. The average molecular weight is 651 g/mol. The fourth-order valence-electron chi connectivity index (χ4n) is 8.03. The topological polar surface area (TPSA) is 179 Å². The van der Waals surface area contributed by atoms with Crippen molar-refractivity contribution in [3.63, 3.8) is 0 Å². The number of imide groups is 2. The van der Waals surface area contributed by atoms with E-state index in [9.17, 15) is 44.1 Å². The molecule has 0 bridgehead atoms. The Balaban J connectivity index is 1.34. The lowest BCUT2D eigenvalue weighted by Gasteiger charge is -2.44. The molecule has 3 aromatic rings. The molecule has 2 aliphatic heterocycles. The zero-order chi connectivity index (χ0) is 33.9. The number of benzene rings is 3. The first kappa shape index (κ1) is 31.0. The van der Waals surface area contributed by atoms with Crippen molar-refractivity contribution in [1.82, 2.24) is 0 Å². The van der Waals surface area contributed by atoms with Crippen LogP contribution in [0.2, 0.25) is 0 Å². The number of rotatable bonds is 8. The molecule has 12 heteroatoms. The van der Waals surface area contributed by atoms with Crippen LogP contribution in [0.25, 0.3) is 0 Å². The summed E-state index contributed by atoms with van der Waals surface area (Å²) in [6.07, 6.45) is 2.16. The van der Waals surface area contributed by atoms with Crippen LogP contribution in [0, 0.1) is 29.6 Å². The standard InChI is InChI=1S/C36H30N2O10/c39-13-14-48-27-10-2-1-9-23(27)28-22-11-12-24-29(33(42)37(31(24)40)20-7-3-5-18(15-20)35(44)45)25(22)17-26-30(28)34(43)38(32(26)41)21-8-4-6-19(16-21)36(46)47/h1-11,15-16,24-26,28-30,39H,12-14,17H2,(H,44,45)(H,46,47)/t24-,25+,26+,28+,29-,30+/m0/s1. The van der Waals surface area contributed by atoms with Gasteiger partial charge in [0.1, 0.15) is 12.4 Å². The molecular weight excluding hydrogens is 620 g/mol. The number of hydrogen-bond donors (Lipinski definition) is 3. The fraction of sp³-hybridized carbons (Fsp3) is 0.278. The summed E-state index contributed by atoms with van der Waals surface area (Å²) < 4.78 is 5.88. The zero-order valence-electron chi connectivity index (χ0n) is 25.4. The molecule has 2 heterocycles. The van der Waals surface area contributed by atoms with E-state index in [1.54, 1.807) is 24.3 Å². The number of aliphatic hydroxyl groups excluding tert-OH is 1. The number of carboxylic acid groups (broad SMARTS) is 2. The highest BCUT2D eigenvalue weighted by Crippen LogP contribution is 2.59. The molecule has 4 amide bonds. The Morgan fingerprint density at radius 3 is 1.90 bits per heavy atom. The minimum absolute atomic E-state index is 0.0245. The number of aromatic carboxylic acids is 2. The summed E-state index contributed by atoms with van der Waals surface area (Å²) in [4.78, 5) is 82.1. The average Bonchev–Trinajstić information content (AvgIpc) is 3.50. The molecule has 2 aliphatic carbocycles. The molecule has 3 N–H and O–H groups in total. The summed E-state index contributed by atoms with van der Waals surface area (Å²) >= 11 is 0. The Morgan fingerprint density at radius 2 is 1.29 bits per heavy atom. The Morgan fingerprint density at radius 1 is 0.708 bits per heavy atom. The molecule has 0 aromatic heterocycles. The summed E-state index contributed by atoms with van der Waals surface area (Å²) in [7, 11) is 0. The molecule has 1 saturated carbocycles. The fourth-order valence-corrected chi connectivity index (χ4v) is 8.03. The number of aliphatic hydroxyl groups is 1. The molecule has 0 spiro atoms. The van der Waals surface area contributed by atoms with Crippen LogP contribution in [0.3, 0.4) is 0 Å². The SMILES string of the molecule is O=C(O)c1cccc(N2C(=O)[C@H]3[C@H](CC=C4[C@H]3C[C@H]3C(=O)N(c5cccc(C(=O)O)c5)C(=O)[C@H]3[C@H]4c3ccccc3OCCO)C2=O)c1. The van der Waals surface area contributed by atoms with E-state index in [1.165, 1.54) is 48.5 Å². The maximum atomic E-state index is 14.4. The van der Waals surface area contributed by atoms with Crippen LogP contribution in [0.5, 0.6) is 5.75 Å². The van der Waals surface area contributed by atoms with E-state index < -0.39 is 71.1 Å². The monoisotopic (exact) mass is 650 g/mol. The molecule has 48 heavy (non-hydrogen) atoms. The molecule has 2 saturated heterocycles. The van der Waals surface area contributed by atoms with Gasteiger partial charge < -0.3 is 20.1 Å². The van der Waals surface area contributed by atoms with Gasteiger partial charge in [-0.1, -0.05) is 42.0 Å². The summed E-state index contributed by atoms with van der Waals surface area (Å²) in [6.45, 7) is -0.288. The second-order valence-corrected chi connectivity index (χ2v) is 12.4. The van der Waals surface area contributed by atoms with Gasteiger partial charge in [-0.05, 0) is 61.2 Å². The second kappa shape index (κ2) is 11.9. The van der Waals surface area contributed by atoms with Gasteiger partial charge in [-0.15, -0.1) is 0 Å². The quantitative estimate of drug-likeness (QED) is 0.241. The molecule has 3 fully saturated rings. The van der Waals surface area contributed by atoms with Gasteiger partial charge >= 0.3 is 11.9 Å². The first-order valence-corrected chi connectivity index (χ1v) is 15.6. The van der Waals surface area contributed by atoms with E-state index in [0.29, 0.717) is 11.3 Å². The summed E-state index contributed by atoms with van der Waals surface area (Å²) in [5, 5.41) is 28.6. The van der Waals surface area contributed by atoms with Crippen LogP contribution in [0.4, 0.5) is 11.4 Å². The summed E-state index contributed by atoms with van der Waals surface area (Å²) in [6, 6.07) is 18.2. The number of allylic oxidation sites excluding steroid dienone is 2. The van der Waals surface area contributed by atoms with E-state index in [-0.39, 0.29) is 48.6 Å². The number of carbonyl (C=O) groups is 6. The van der Waals surface area contributed by atoms with Crippen LogP contribution in [-0.4, -0.2) is 64.1 Å². The number of carbonyl (C=O) groups excluding carboxylic acids is 4. The molecular formula is C36H30N2O10. The molecule has 6 atom stereocenters. The second-order valence-electron chi connectivity index (χ2n) is 12.4. The maximum absolute atomic E-state index is 14.4. The van der Waals surface area contributed by atoms with E-state index >= 15 is 0 Å². The third-order valence-corrected chi connectivity index (χ3v) is 9.95. The van der Waals surface area contributed by atoms with Crippen LogP contribution < -0.4 is 14.5 Å². The number of anilines is 2. The first-order valence-electron chi connectivity index (χ1n) is 15.6. The van der Waals surface area contributed by atoms with Crippen molar-refractivity contribution in [1.29, 1.82) is 0 Å². The number of nitrogens with zero attached hydrogens (tertiary/aromatic N) is 2. The molecule has 3 aromatic carbocycles. The van der Waals surface area contributed by atoms with Gasteiger partial charge in [0.2, 0.25) is 23.6 Å². The maximum Gasteiger partial charge on any atom is 0.335 e. The van der Waals surface area contributed by atoms with E-state index in [2.05, 4.69) is 0 Å². The Labute approximate surface area is 273 Å². The van der Waals surface area contributed by atoms with E-state index in [0.717, 1.165) is 15.4 Å². The minimum Gasteiger partial charge on any atom is -0.491 e. The first-order chi connectivity index (χ1) is 23.1. The van der Waals surface area contributed by atoms with E-state index in [1.807, 2.05) is 6.08 Å². The van der Waals surface area contributed by atoms with E-state index in [4.69, 9.17) is 4.74 Å². The molecule has 12 nitrogen and oxygen atoms in total. The lowest BCUT2D eigenvalue weighted by atomic mass is 9.57. The predicted octanol–water partition coefficient (Wildman–Crippen LogP) is 3.50. The summed E-state index contributed by atoms with van der Waals surface area (Å²) in [5.74, 6) is -8.85. The van der Waals surface area contributed by atoms with Gasteiger partial charge in [-0.2, -0.15) is 0 Å². The van der Waals surface area contributed by atoms with Gasteiger partial charge in [-0.3, -0.25) is 29.0 Å². The number of ether oxygens (including phenoxy) is 1. The van der Waals surface area contributed by atoms with Gasteiger partial charge in [0.05, 0.1) is 52.8 Å². The summed E-state index contributed by atoms with van der Waals surface area (Å²) in [5.41, 5.74) is 1.40. The normalized spacial score (nSPS) is 26.1. The third-order valence-electron chi connectivity index (χ3n) is 9.95. The third kappa shape index (κ3) is 4.79. The smallest absolute Gasteiger partial charge is 0.335 e. The van der Waals surface area contributed by atoms with Gasteiger partial charge in [0.25, 0.3) is 0 Å². The highest BCUT2D eigenvalue weighted by atomic mass is 16.5. The zero-order valence-corrected chi connectivity index (χ0v) is 25.4. The van der Waals surface area contributed by atoms with Gasteiger partial charge in [0, 0.05) is 11.5 Å². The highest BCUT2D eigenvalue weighted by molar-refractivity contribution is 6.24.